The molecule has 3 rings (SSSR count). The van der Waals surface area contributed by atoms with Crippen molar-refractivity contribution in [2.75, 3.05) is 52.8 Å². The highest BCUT2D eigenvalue weighted by Crippen LogP contribution is 2.21. The summed E-state index contributed by atoms with van der Waals surface area (Å²) in [5.74, 6) is -0.114. The van der Waals surface area contributed by atoms with Gasteiger partial charge in [0.15, 0.2) is 0 Å². The van der Waals surface area contributed by atoms with Crippen LogP contribution in [0.25, 0.3) is 0 Å². The number of hydrogen-bond donors (Lipinski definition) is 1. The fraction of sp³-hybridized carbons (Fsp3) is 0.393. The molecule has 0 atom stereocenters. The van der Waals surface area contributed by atoms with Gasteiger partial charge >= 0.3 is 6.03 Å². The van der Waals surface area contributed by atoms with Gasteiger partial charge in [-0.15, -0.1) is 11.3 Å². The SMILES string of the molecule is COCCN(Cc1nc(C(=O)N(CCN(C)C)Cc2ccccc2)cs1)C(=O)Nc1c(C)cccc1C. The minimum Gasteiger partial charge on any atom is -0.383 e. The van der Waals surface area contributed by atoms with Gasteiger partial charge in [-0.3, -0.25) is 4.79 Å². The highest BCUT2D eigenvalue weighted by Gasteiger charge is 2.22. The van der Waals surface area contributed by atoms with Crippen molar-refractivity contribution in [3.63, 3.8) is 0 Å². The van der Waals surface area contributed by atoms with Crippen LogP contribution in [0.15, 0.2) is 53.9 Å². The summed E-state index contributed by atoms with van der Waals surface area (Å²) in [5.41, 5.74) is 4.27. The molecule has 0 radical (unpaired) electrons. The third-order valence-electron chi connectivity index (χ3n) is 5.98. The van der Waals surface area contributed by atoms with Crippen molar-refractivity contribution in [3.8, 4) is 0 Å². The van der Waals surface area contributed by atoms with Crippen LogP contribution in [0.1, 0.15) is 32.2 Å². The maximum absolute atomic E-state index is 13.4. The molecule has 8 nitrogen and oxygen atoms in total. The molecule has 0 unspecified atom stereocenters. The number of ether oxygens (including phenoxy) is 1. The normalized spacial score (nSPS) is 11.0. The van der Waals surface area contributed by atoms with E-state index in [2.05, 4.69) is 15.2 Å². The summed E-state index contributed by atoms with van der Waals surface area (Å²) in [7, 11) is 5.59. The zero-order chi connectivity index (χ0) is 26.8. The van der Waals surface area contributed by atoms with Crippen LogP contribution in [0.3, 0.4) is 0 Å². The predicted octanol–water partition coefficient (Wildman–Crippen LogP) is 4.64. The number of hydrogen-bond acceptors (Lipinski definition) is 6. The summed E-state index contributed by atoms with van der Waals surface area (Å²) in [6, 6.07) is 15.6. The van der Waals surface area contributed by atoms with Crippen LogP contribution in [-0.4, -0.2) is 79.1 Å². The topological polar surface area (TPSA) is 78.0 Å². The first kappa shape index (κ1) is 28.3. The van der Waals surface area contributed by atoms with E-state index in [1.807, 2.05) is 81.4 Å². The number of urea groups is 1. The Kier molecular flexibility index (Phi) is 10.6. The van der Waals surface area contributed by atoms with Gasteiger partial charge in [0.05, 0.1) is 13.2 Å². The smallest absolute Gasteiger partial charge is 0.322 e. The molecular formula is C28H37N5O3S. The summed E-state index contributed by atoms with van der Waals surface area (Å²) in [6.45, 7) is 6.88. The number of benzene rings is 2. The fourth-order valence-electron chi connectivity index (χ4n) is 3.84. The molecule has 0 aliphatic heterocycles. The van der Waals surface area contributed by atoms with Crippen molar-refractivity contribution in [3.05, 3.63) is 81.3 Å². The van der Waals surface area contributed by atoms with Crippen LogP contribution in [0, 0.1) is 13.8 Å². The van der Waals surface area contributed by atoms with Gasteiger partial charge in [0.25, 0.3) is 5.91 Å². The Morgan fingerprint density at radius 1 is 0.919 bits per heavy atom. The number of nitrogens with one attached hydrogen (secondary N) is 1. The number of para-hydroxylation sites is 1. The maximum Gasteiger partial charge on any atom is 0.322 e. The number of aryl methyl sites for hydroxylation is 2. The fourth-order valence-corrected chi connectivity index (χ4v) is 4.62. The molecule has 198 valence electrons. The van der Waals surface area contributed by atoms with E-state index < -0.39 is 0 Å². The third kappa shape index (κ3) is 8.38. The molecule has 1 aromatic heterocycles. The average molecular weight is 524 g/mol. The number of carbonyl (C=O) groups is 2. The van der Waals surface area contributed by atoms with Gasteiger partial charge in [-0.05, 0) is 44.6 Å². The van der Waals surface area contributed by atoms with E-state index in [0.717, 1.165) is 28.9 Å². The Bertz CT molecular complexity index is 1150. The molecule has 0 saturated heterocycles. The number of rotatable bonds is 12. The standard InChI is InChI=1S/C28H37N5O3S/c1-21-10-9-11-22(2)26(21)30-28(35)33(16-17-36-5)19-25-29-24(20-37-25)27(34)32(15-14-31(3)4)18-23-12-7-6-8-13-23/h6-13,20H,14-19H2,1-5H3,(H,30,35). The second kappa shape index (κ2) is 13.9. The van der Waals surface area contributed by atoms with Gasteiger partial charge in [-0.1, -0.05) is 48.5 Å². The number of methoxy groups -OCH3 is 1. The molecule has 9 heteroatoms. The zero-order valence-electron chi connectivity index (χ0n) is 22.4. The molecule has 0 aliphatic rings. The Morgan fingerprint density at radius 2 is 1.62 bits per heavy atom. The third-order valence-corrected chi connectivity index (χ3v) is 6.82. The molecule has 3 amide bonds. The predicted molar refractivity (Wildman–Crippen MR) is 149 cm³/mol. The van der Waals surface area contributed by atoms with Crippen LogP contribution in [0.5, 0.6) is 0 Å². The van der Waals surface area contributed by atoms with Crippen molar-refractivity contribution < 1.29 is 14.3 Å². The summed E-state index contributed by atoms with van der Waals surface area (Å²) in [4.78, 5) is 36.8. The molecule has 0 bridgehead atoms. The molecule has 0 fully saturated rings. The maximum atomic E-state index is 13.4. The van der Waals surface area contributed by atoms with Crippen molar-refractivity contribution >= 4 is 29.0 Å². The lowest BCUT2D eigenvalue weighted by atomic mass is 10.1. The number of likely N-dealkylation sites (N-methyl/N-ethyl adjacent to an activating group) is 1. The van der Waals surface area contributed by atoms with Gasteiger partial charge in [0.1, 0.15) is 10.7 Å². The van der Waals surface area contributed by atoms with Crippen molar-refractivity contribution in [2.45, 2.75) is 26.9 Å². The molecule has 0 saturated carbocycles. The monoisotopic (exact) mass is 523 g/mol. The molecule has 1 heterocycles. The molecule has 0 spiro atoms. The van der Waals surface area contributed by atoms with Crippen LogP contribution >= 0.6 is 11.3 Å². The summed E-state index contributed by atoms with van der Waals surface area (Å²) < 4.78 is 5.23. The summed E-state index contributed by atoms with van der Waals surface area (Å²) >= 11 is 1.39. The quantitative estimate of drug-likeness (QED) is 0.374. The van der Waals surface area contributed by atoms with Gasteiger partial charge in [-0.25, -0.2) is 9.78 Å². The lowest BCUT2D eigenvalue weighted by Crippen LogP contribution is -2.37. The number of aromatic nitrogens is 1. The first-order chi connectivity index (χ1) is 17.8. The highest BCUT2D eigenvalue weighted by molar-refractivity contribution is 7.09. The average Bonchev–Trinajstić information content (AvgIpc) is 3.35. The summed E-state index contributed by atoms with van der Waals surface area (Å²) in [5, 5.41) is 5.52. The number of anilines is 1. The zero-order valence-corrected chi connectivity index (χ0v) is 23.2. The number of nitrogens with zero attached hydrogens (tertiary/aromatic N) is 4. The van der Waals surface area contributed by atoms with Crippen LogP contribution < -0.4 is 5.32 Å². The summed E-state index contributed by atoms with van der Waals surface area (Å²) in [6.07, 6.45) is 0. The number of thiazole rings is 1. The molecule has 37 heavy (non-hydrogen) atoms. The minimum atomic E-state index is -0.228. The van der Waals surface area contributed by atoms with E-state index in [1.54, 1.807) is 17.4 Å². The van der Waals surface area contributed by atoms with Crippen LogP contribution in [0.4, 0.5) is 10.5 Å². The Labute approximate surface area is 223 Å². The second-order valence-electron chi connectivity index (χ2n) is 9.25. The molecule has 2 aromatic carbocycles. The van der Waals surface area contributed by atoms with E-state index in [1.165, 1.54) is 11.3 Å². The molecular weight excluding hydrogens is 486 g/mol. The first-order valence-corrected chi connectivity index (χ1v) is 13.2. The van der Waals surface area contributed by atoms with Gasteiger partial charge in [0.2, 0.25) is 0 Å². The van der Waals surface area contributed by atoms with E-state index in [0.29, 0.717) is 36.9 Å². The Morgan fingerprint density at radius 3 is 2.27 bits per heavy atom. The molecule has 3 aromatic rings. The largest absolute Gasteiger partial charge is 0.383 e. The second-order valence-corrected chi connectivity index (χ2v) is 10.2. The van der Waals surface area contributed by atoms with Crippen molar-refractivity contribution in [1.82, 2.24) is 19.7 Å². The van der Waals surface area contributed by atoms with Gasteiger partial charge < -0.3 is 24.8 Å². The van der Waals surface area contributed by atoms with Crippen molar-refractivity contribution in [2.24, 2.45) is 0 Å². The lowest BCUT2D eigenvalue weighted by Gasteiger charge is -2.24. The lowest BCUT2D eigenvalue weighted by molar-refractivity contribution is 0.0726. The highest BCUT2D eigenvalue weighted by atomic mass is 32.1. The Hall–Kier alpha value is -3.27. The van der Waals surface area contributed by atoms with Gasteiger partial charge in [-0.2, -0.15) is 0 Å². The van der Waals surface area contributed by atoms with Gasteiger partial charge in [0, 0.05) is 44.4 Å². The number of amides is 3. The van der Waals surface area contributed by atoms with E-state index >= 15 is 0 Å². The van der Waals surface area contributed by atoms with E-state index in [-0.39, 0.29) is 18.5 Å². The van der Waals surface area contributed by atoms with Crippen LogP contribution in [0.2, 0.25) is 0 Å². The first-order valence-electron chi connectivity index (χ1n) is 12.3. The van der Waals surface area contributed by atoms with E-state index in [4.69, 9.17) is 4.74 Å². The van der Waals surface area contributed by atoms with Crippen LogP contribution in [-0.2, 0) is 17.8 Å². The Balaban J connectivity index is 1.74. The van der Waals surface area contributed by atoms with E-state index in [9.17, 15) is 9.59 Å². The molecule has 0 aliphatic carbocycles. The molecule has 1 N–H and O–H groups in total. The number of carbonyl (C=O) groups excluding carboxylic acids is 2. The van der Waals surface area contributed by atoms with Crippen molar-refractivity contribution in [1.29, 1.82) is 0 Å². The minimum absolute atomic E-state index is 0.114.